The van der Waals surface area contributed by atoms with Crippen molar-refractivity contribution in [3.63, 3.8) is 0 Å². The number of carboxylic acid groups (broad SMARTS) is 1. The maximum absolute atomic E-state index is 12.0. The Morgan fingerprint density at radius 1 is 1.45 bits per heavy atom. The Bertz CT molecular complexity index is 687. The fourth-order valence-corrected chi connectivity index (χ4v) is 3.56. The van der Waals surface area contributed by atoms with Crippen LogP contribution in [-0.4, -0.2) is 25.5 Å². The molecule has 0 spiro atoms. The van der Waals surface area contributed by atoms with Gasteiger partial charge in [0.25, 0.3) is 10.0 Å². The molecule has 1 unspecified atom stereocenters. The highest BCUT2D eigenvalue weighted by Crippen LogP contribution is 2.15. The maximum Gasteiger partial charge on any atom is 0.371 e. The number of nitrogens with one attached hydrogen (secondary N) is 1. The van der Waals surface area contributed by atoms with Crippen molar-refractivity contribution in [3.05, 3.63) is 40.3 Å². The molecule has 2 rings (SSSR count). The van der Waals surface area contributed by atoms with Crippen LogP contribution in [0.25, 0.3) is 0 Å². The van der Waals surface area contributed by atoms with Crippen LogP contribution >= 0.6 is 11.3 Å². The Balaban J connectivity index is 2.08. The molecule has 2 heterocycles. The van der Waals surface area contributed by atoms with Crippen LogP contribution in [0, 0.1) is 0 Å². The molecule has 2 aromatic heterocycles. The average Bonchev–Trinajstić information content (AvgIpc) is 2.97. The van der Waals surface area contributed by atoms with E-state index in [0.29, 0.717) is 6.42 Å². The van der Waals surface area contributed by atoms with Gasteiger partial charge in [-0.05, 0) is 47.9 Å². The summed E-state index contributed by atoms with van der Waals surface area (Å²) >= 11 is 1.54. The molecule has 0 aliphatic carbocycles. The van der Waals surface area contributed by atoms with Gasteiger partial charge in [-0.3, -0.25) is 0 Å². The Kier molecular flexibility index (Phi) is 4.26. The molecule has 2 aromatic rings. The van der Waals surface area contributed by atoms with E-state index in [4.69, 9.17) is 9.52 Å². The highest BCUT2D eigenvalue weighted by Gasteiger charge is 2.23. The van der Waals surface area contributed by atoms with Gasteiger partial charge in [0.1, 0.15) is 0 Å². The van der Waals surface area contributed by atoms with Gasteiger partial charge >= 0.3 is 5.97 Å². The van der Waals surface area contributed by atoms with Crippen LogP contribution in [0.3, 0.4) is 0 Å². The van der Waals surface area contributed by atoms with Gasteiger partial charge in [0.2, 0.25) is 10.9 Å². The van der Waals surface area contributed by atoms with Crippen molar-refractivity contribution >= 4 is 27.3 Å². The number of carboxylic acids is 1. The van der Waals surface area contributed by atoms with Crippen LogP contribution in [0.5, 0.6) is 0 Å². The lowest BCUT2D eigenvalue weighted by atomic mass is 10.1. The maximum atomic E-state index is 12.0. The summed E-state index contributed by atoms with van der Waals surface area (Å²) in [7, 11) is -3.85. The summed E-state index contributed by atoms with van der Waals surface area (Å²) in [4.78, 5) is 10.7. The molecule has 2 N–H and O–H groups in total. The van der Waals surface area contributed by atoms with Gasteiger partial charge in [-0.2, -0.15) is 11.3 Å². The van der Waals surface area contributed by atoms with Crippen molar-refractivity contribution in [2.24, 2.45) is 0 Å². The summed E-state index contributed by atoms with van der Waals surface area (Å²) in [6, 6.07) is 3.84. The second kappa shape index (κ2) is 5.78. The van der Waals surface area contributed by atoms with E-state index in [1.807, 2.05) is 16.8 Å². The highest BCUT2D eigenvalue weighted by molar-refractivity contribution is 7.89. The van der Waals surface area contributed by atoms with E-state index in [2.05, 4.69) is 4.72 Å². The van der Waals surface area contributed by atoms with Crippen LogP contribution in [0.2, 0.25) is 0 Å². The lowest BCUT2D eigenvalue weighted by Crippen LogP contribution is -2.33. The van der Waals surface area contributed by atoms with Crippen LogP contribution in [-0.2, 0) is 16.4 Å². The molecule has 108 valence electrons. The Hall–Kier alpha value is -1.64. The van der Waals surface area contributed by atoms with E-state index in [9.17, 15) is 13.2 Å². The van der Waals surface area contributed by atoms with Gasteiger partial charge in [-0.15, -0.1) is 0 Å². The first-order chi connectivity index (χ1) is 9.38. The Morgan fingerprint density at radius 3 is 2.75 bits per heavy atom. The third-order valence-corrected chi connectivity index (χ3v) is 4.73. The van der Waals surface area contributed by atoms with Gasteiger partial charge in [0, 0.05) is 6.04 Å². The number of thiophene rings is 1. The molecule has 0 aromatic carbocycles. The summed E-state index contributed by atoms with van der Waals surface area (Å²) in [5, 5.41) is 12.2. The SMILES string of the molecule is CC(Cc1ccsc1)NS(=O)(=O)c1ccc(C(=O)O)o1. The fourth-order valence-electron chi connectivity index (χ4n) is 1.71. The number of carbonyl (C=O) groups is 1. The molecular formula is C12H13NO5S2. The number of rotatable bonds is 6. The number of aromatic carboxylic acids is 1. The van der Waals surface area contributed by atoms with Crippen molar-refractivity contribution in [3.8, 4) is 0 Å². The molecule has 0 saturated heterocycles. The third kappa shape index (κ3) is 3.47. The van der Waals surface area contributed by atoms with Gasteiger partial charge in [-0.1, -0.05) is 0 Å². The standard InChI is InChI=1S/C12H13NO5S2/c1-8(6-9-4-5-19-7-9)13-20(16,17)11-3-2-10(18-11)12(14)15/h2-5,7-8,13H,6H2,1H3,(H,14,15). The first-order valence-electron chi connectivity index (χ1n) is 5.75. The zero-order valence-electron chi connectivity index (χ0n) is 10.6. The Morgan fingerprint density at radius 2 is 2.20 bits per heavy atom. The third-order valence-electron chi connectivity index (χ3n) is 2.54. The second-order valence-electron chi connectivity index (χ2n) is 4.28. The van der Waals surface area contributed by atoms with E-state index < -0.39 is 26.8 Å². The van der Waals surface area contributed by atoms with E-state index in [1.54, 1.807) is 18.3 Å². The van der Waals surface area contributed by atoms with Crippen molar-refractivity contribution in [1.29, 1.82) is 0 Å². The van der Waals surface area contributed by atoms with Gasteiger partial charge in [0.05, 0.1) is 0 Å². The minimum Gasteiger partial charge on any atom is -0.475 e. The molecule has 0 amide bonds. The lowest BCUT2D eigenvalue weighted by Gasteiger charge is -2.11. The molecule has 0 bridgehead atoms. The summed E-state index contributed by atoms with van der Waals surface area (Å²) in [6.45, 7) is 1.73. The summed E-state index contributed by atoms with van der Waals surface area (Å²) in [5.74, 6) is -1.71. The molecular weight excluding hydrogens is 302 g/mol. The van der Waals surface area contributed by atoms with E-state index in [-0.39, 0.29) is 6.04 Å². The first kappa shape index (κ1) is 14.8. The van der Waals surface area contributed by atoms with Crippen molar-refractivity contribution in [2.45, 2.75) is 24.5 Å². The molecule has 0 aliphatic heterocycles. The molecule has 8 heteroatoms. The van der Waals surface area contributed by atoms with Crippen molar-refractivity contribution in [2.75, 3.05) is 0 Å². The van der Waals surface area contributed by atoms with Crippen LogP contribution in [0.4, 0.5) is 0 Å². The zero-order valence-corrected chi connectivity index (χ0v) is 12.2. The average molecular weight is 315 g/mol. The number of sulfonamides is 1. The summed E-state index contributed by atoms with van der Waals surface area (Å²) < 4.78 is 31.3. The van der Waals surface area contributed by atoms with Crippen molar-refractivity contribution in [1.82, 2.24) is 4.72 Å². The van der Waals surface area contributed by atoms with Gasteiger partial charge in [-0.25, -0.2) is 17.9 Å². The fraction of sp³-hybridized carbons (Fsp3) is 0.250. The second-order valence-corrected chi connectivity index (χ2v) is 6.71. The number of furan rings is 1. The number of hydrogen-bond acceptors (Lipinski definition) is 5. The molecule has 20 heavy (non-hydrogen) atoms. The predicted octanol–water partition coefficient (Wildman–Crippen LogP) is 1.95. The highest BCUT2D eigenvalue weighted by atomic mass is 32.2. The van der Waals surface area contributed by atoms with E-state index >= 15 is 0 Å². The monoisotopic (exact) mass is 315 g/mol. The summed E-state index contributed by atoms with van der Waals surface area (Å²) in [6.07, 6.45) is 0.551. The zero-order chi connectivity index (χ0) is 14.8. The van der Waals surface area contributed by atoms with E-state index in [0.717, 1.165) is 17.7 Å². The van der Waals surface area contributed by atoms with Gasteiger partial charge < -0.3 is 9.52 Å². The number of hydrogen-bond donors (Lipinski definition) is 2. The molecule has 0 saturated carbocycles. The minimum absolute atomic E-state index is 0.326. The molecule has 1 atom stereocenters. The first-order valence-corrected chi connectivity index (χ1v) is 8.17. The van der Waals surface area contributed by atoms with Crippen LogP contribution < -0.4 is 4.72 Å². The van der Waals surface area contributed by atoms with Crippen LogP contribution in [0.15, 0.2) is 38.5 Å². The molecule has 0 fully saturated rings. The normalized spacial score (nSPS) is 13.2. The predicted molar refractivity (Wildman–Crippen MR) is 73.5 cm³/mol. The largest absolute Gasteiger partial charge is 0.475 e. The van der Waals surface area contributed by atoms with E-state index in [1.165, 1.54) is 0 Å². The van der Waals surface area contributed by atoms with Crippen LogP contribution in [0.1, 0.15) is 23.0 Å². The molecule has 6 nitrogen and oxygen atoms in total. The summed E-state index contributed by atoms with van der Waals surface area (Å²) in [5.41, 5.74) is 1.04. The quantitative estimate of drug-likeness (QED) is 0.849. The Labute approximate surface area is 120 Å². The van der Waals surface area contributed by atoms with Crippen molar-refractivity contribution < 1.29 is 22.7 Å². The van der Waals surface area contributed by atoms with Gasteiger partial charge in [0.15, 0.2) is 0 Å². The smallest absolute Gasteiger partial charge is 0.371 e. The lowest BCUT2D eigenvalue weighted by molar-refractivity contribution is 0.0656. The molecule has 0 radical (unpaired) electrons. The molecule has 0 aliphatic rings. The minimum atomic E-state index is -3.85. The topological polar surface area (TPSA) is 96.6 Å².